The Labute approximate surface area is 165 Å². The van der Waals surface area contributed by atoms with Crippen LogP contribution in [-0.4, -0.2) is 0 Å². The number of hydrogen-bond acceptors (Lipinski definition) is 0. The Morgan fingerprint density at radius 3 is 2.04 bits per heavy atom. The molecular weight excluding hydrogens is 343 g/mol. The van der Waals surface area contributed by atoms with Gasteiger partial charge in [0, 0.05) is 10.8 Å². The Morgan fingerprint density at radius 2 is 1.37 bits per heavy atom. The zero-order valence-electron chi connectivity index (χ0n) is 16.8. The fourth-order valence-electron chi connectivity index (χ4n) is 5.03. The lowest BCUT2D eigenvalue weighted by molar-refractivity contribution is 0.442. The number of aryl methyl sites for hydroxylation is 2. The minimum Gasteiger partial charge on any atom is -0.0622 e. The van der Waals surface area contributed by atoms with E-state index in [0.29, 0.717) is 11.6 Å². The number of rotatable bonds is 3. The van der Waals surface area contributed by atoms with Crippen molar-refractivity contribution < 1.29 is 0 Å². The molecule has 0 amide bonds. The molecule has 4 atom stereocenters. The zero-order chi connectivity index (χ0) is 19.0. The van der Waals surface area contributed by atoms with Gasteiger partial charge in [-0.1, -0.05) is 101 Å². The summed E-state index contributed by atoms with van der Waals surface area (Å²) >= 11 is 0. The van der Waals surface area contributed by atoms with Gasteiger partial charge in [0.05, 0.1) is 0 Å². The molecular formula is C26H29P. The fraction of sp³-hybridized carbons (Fsp3) is 0.308. The summed E-state index contributed by atoms with van der Waals surface area (Å²) in [6, 6.07) is 29.4. The summed E-state index contributed by atoms with van der Waals surface area (Å²) in [5.74, 6) is 0.648. The largest absolute Gasteiger partial charge is 0.0622 e. The maximum absolute atomic E-state index is 2.54. The summed E-state index contributed by atoms with van der Waals surface area (Å²) in [5, 5.41) is 1.73. The number of hydrogen-bond donors (Lipinski definition) is 0. The first-order valence-electron chi connectivity index (χ1n) is 9.99. The molecule has 0 aliphatic carbocycles. The van der Waals surface area contributed by atoms with Gasteiger partial charge >= 0.3 is 0 Å². The van der Waals surface area contributed by atoms with Gasteiger partial charge in [0.2, 0.25) is 0 Å². The van der Waals surface area contributed by atoms with Gasteiger partial charge in [-0.2, -0.15) is 0 Å². The summed E-state index contributed by atoms with van der Waals surface area (Å²) in [5.41, 5.74) is 6.58. The van der Waals surface area contributed by atoms with Gasteiger partial charge in [-0.3, -0.25) is 0 Å². The average molecular weight is 372 g/mol. The van der Waals surface area contributed by atoms with Crippen LogP contribution >= 0.6 is 7.92 Å². The third-order valence-corrected chi connectivity index (χ3v) is 10.3. The van der Waals surface area contributed by atoms with Crippen LogP contribution in [0.2, 0.25) is 0 Å². The van der Waals surface area contributed by atoms with Crippen LogP contribution in [0, 0.1) is 19.8 Å². The molecule has 0 radical (unpaired) electrons. The second kappa shape index (κ2) is 7.25. The van der Waals surface area contributed by atoms with Crippen LogP contribution in [0.25, 0.3) is 0 Å². The fourth-order valence-corrected chi connectivity index (χ4v) is 9.25. The van der Waals surface area contributed by atoms with Crippen molar-refractivity contribution in [1.82, 2.24) is 0 Å². The third kappa shape index (κ3) is 3.05. The smallest absolute Gasteiger partial charge is 0.0200 e. The summed E-state index contributed by atoms with van der Waals surface area (Å²) < 4.78 is 0. The van der Waals surface area contributed by atoms with E-state index in [4.69, 9.17) is 0 Å². The molecule has 27 heavy (non-hydrogen) atoms. The predicted octanol–water partition coefficient (Wildman–Crippen LogP) is 7.11. The quantitative estimate of drug-likeness (QED) is 0.430. The Balaban J connectivity index is 1.93. The first-order valence-corrected chi connectivity index (χ1v) is 11.4. The van der Waals surface area contributed by atoms with Crippen LogP contribution in [0.1, 0.15) is 48.2 Å². The van der Waals surface area contributed by atoms with Gasteiger partial charge in [-0.05, 0) is 53.7 Å². The maximum Gasteiger partial charge on any atom is 0.0200 e. The van der Waals surface area contributed by atoms with E-state index in [2.05, 4.69) is 107 Å². The molecule has 1 aliphatic heterocycles. The molecule has 0 spiro atoms. The van der Waals surface area contributed by atoms with Crippen LogP contribution in [0.4, 0.5) is 0 Å². The molecule has 0 N–H and O–H groups in total. The summed E-state index contributed by atoms with van der Waals surface area (Å²) in [4.78, 5) is 0. The van der Waals surface area contributed by atoms with E-state index in [0.717, 1.165) is 0 Å². The highest BCUT2D eigenvalue weighted by Crippen LogP contribution is 2.75. The predicted molar refractivity (Wildman–Crippen MR) is 119 cm³/mol. The SMILES string of the molecule is Cc1ccccc1C1CC(C)C(C)(c2ccccc2C)P1c1ccccc1. The Bertz CT molecular complexity index is 930. The van der Waals surface area contributed by atoms with Gasteiger partial charge in [0.1, 0.15) is 0 Å². The molecule has 1 heterocycles. The van der Waals surface area contributed by atoms with Gasteiger partial charge < -0.3 is 0 Å². The third-order valence-electron chi connectivity index (χ3n) is 6.62. The molecule has 3 aromatic rings. The highest BCUT2D eigenvalue weighted by Gasteiger charge is 2.52. The standard InChI is InChI=1S/C26H29P/c1-19-12-8-10-16-23(19)25-18-21(3)26(4,24-17-11-9-13-20(24)2)27(25)22-14-6-5-7-15-22/h5-17,21,25H,18H2,1-4H3. The lowest BCUT2D eigenvalue weighted by Gasteiger charge is -2.39. The van der Waals surface area contributed by atoms with Crippen molar-refractivity contribution >= 4 is 13.2 Å². The highest BCUT2D eigenvalue weighted by molar-refractivity contribution is 7.67. The van der Waals surface area contributed by atoms with Crippen LogP contribution in [0.5, 0.6) is 0 Å². The molecule has 1 fully saturated rings. The van der Waals surface area contributed by atoms with Crippen molar-refractivity contribution in [3.8, 4) is 0 Å². The first kappa shape index (κ1) is 18.5. The van der Waals surface area contributed by atoms with Gasteiger partial charge in [0.25, 0.3) is 0 Å². The molecule has 0 saturated carbocycles. The molecule has 138 valence electrons. The van der Waals surface area contributed by atoms with Crippen molar-refractivity contribution in [2.45, 2.75) is 44.9 Å². The second-order valence-electron chi connectivity index (χ2n) is 8.18. The van der Waals surface area contributed by atoms with Crippen molar-refractivity contribution in [3.63, 3.8) is 0 Å². The van der Waals surface area contributed by atoms with Crippen molar-refractivity contribution in [3.05, 3.63) is 101 Å². The van der Waals surface area contributed by atoms with Crippen LogP contribution in [-0.2, 0) is 5.16 Å². The van der Waals surface area contributed by atoms with E-state index < -0.39 is 0 Å². The lowest BCUT2D eigenvalue weighted by atomic mass is 9.82. The van der Waals surface area contributed by atoms with Crippen LogP contribution < -0.4 is 5.30 Å². The van der Waals surface area contributed by atoms with Crippen LogP contribution in [0.15, 0.2) is 78.9 Å². The molecule has 4 rings (SSSR count). The summed E-state index contributed by atoms with van der Waals surface area (Å²) in [7, 11) is -0.373. The van der Waals surface area contributed by atoms with E-state index >= 15 is 0 Å². The Hall–Kier alpha value is -1.91. The molecule has 0 bridgehead atoms. The lowest BCUT2D eigenvalue weighted by Crippen LogP contribution is -2.27. The average Bonchev–Trinajstić information content (AvgIpc) is 2.95. The maximum atomic E-state index is 2.54. The van der Waals surface area contributed by atoms with E-state index in [1.54, 1.807) is 11.1 Å². The van der Waals surface area contributed by atoms with Crippen LogP contribution in [0.3, 0.4) is 0 Å². The van der Waals surface area contributed by atoms with Gasteiger partial charge in [-0.15, -0.1) is 0 Å². The highest BCUT2D eigenvalue weighted by atomic mass is 31.1. The molecule has 1 heteroatoms. The minimum absolute atomic E-state index is 0.189. The van der Waals surface area contributed by atoms with E-state index in [1.807, 2.05) is 0 Å². The Morgan fingerprint density at radius 1 is 0.778 bits per heavy atom. The van der Waals surface area contributed by atoms with Crippen molar-refractivity contribution in [2.24, 2.45) is 5.92 Å². The van der Waals surface area contributed by atoms with E-state index in [1.165, 1.54) is 22.9 Å². The molecule has 4 unspecified atom stereocenters. The normalized spacial score (nSPS) is 27.6. The molecule has 0 nitrogen and oxygen atoms in total. The van der Waals surface area contributed by atoms with Crippen molar-refractivity contribution in [1.29, 1.82) is 0 Å². The first-order chi connectivity index (χ1) is 13.0. The minimum atomic E-state index is -0.373. The van der Waals surface area contributed by atoms with Crippen molar-refractivity contribution in [2.75, 3.05) is 0 Å². The zero-order valence-corrected chi connectivity index (χ0v) is 17.7. The van der Waals surface area contributed by atoms with Gasteiger partial charge in [-0.25, -0.2) is 0 Å². The van der Waals surface area contributed by atoms with E-state index in [-0.39, 0.29) is 13.1 Å². The van der Waals surface area contributed by atoms with E-state index in [9.17, 15) is 0 Å². The number of benzene rings is 3. The molecule has 1 aliphatic rings. The molecule has 3 aromatic carbocycles. The Kier molecular flexibility index (Phi) is 4.95. The topological polar surface area (TPSA) is 0 Å². The van der Waals surface area contributed by atoms with Gasteiger partial charge in [0.15, 0.2) is 0 Å². The summed E-state index contributed by atoms with van der Waals surface area (Å²) in [6.07, 6.45) is 1.26. The monoisotopic (exact) mass is 372 g/mol. The second-order valence-corrected chi connectivity index (χ2v) is 11.0. The molecule has 1 saturated heterocycles. The molecule has 0 aromatic heterocycles. The summed E-state index contributed by atoms with van der Waals surface area (Å²) in [6.45, 7) is 9.58.